The molecule has 0 spiro atoms. The van der Waals surface area contributed by atoms with Gasteiger partial charge in [-0.25, -0.2) is 4.79 Å². The first-order valence-electron chi connectivity index (χ1n) is 9.35. The molecule has 2 heterocycles. The van der Waals surface area contributed by atoms with Crippen molar-refractivity contribution in [2.75, 3.05) is 36.4 Å². The highest BCUT2D eigenvalue weighted by atomic mass is 35.5. The summed E-state index contributed by atoms with van der Waals surface area (Å²) in [6, 6.07) is 16.1. The van der Waals surface area contributed by atoms with E-state index in [4.69, 9.17) is 34.8 Å². The minimum atomic E-state index is -0.187. The molecule has 0 radical (unpaired) electrons. The standard InChI is InChI=1S/C21H18Cl3N5O/c22-14-11-15(23)13-16(12-14)25-21(30)29-9-7-28(8-10-29)20-6-5-19(26-27-20)17-3-1-2-4-18(17)24/h1-6,11-13H,7-10H2,(H,25,30). The normalized spacial score (nSPS) is 14.0. The largest absolute Gasteiger partial charge is 0.352 e. The molecule has 1 fully saturated rings. The van der Waals surface area contributed by atoms with Crippen molar-refractivity contribution >= 4 is 52.3 Å². The molecule has 2 aromatic carbocycles. The van der Waals surface area contributed by atoms with Crippen molar-refractivity contribution in [3.05, 3.63) is 69.7 Å². The van der Waals surface area contributed by atoms with Gasteiger partial charge in [0.25, 0.3) is 0 Å². The number of carbonyl (C=O) groups excluding carboxylic acids is 1. The molecule has 1 aromatic heterocycles. The van der Waals surface area contributed by atoms with E-state index in [1.807, 2.05) is 36.4 Å². The third kappa shape index (κ3) is 4.78. The zero-order valence-corrected chi connectivity index (χ0v) is 18.1. The van der Waals surface area contributed by atoms with Gasteiger partial charge in [-0.15, -0.1) is 10.2 Å². The van der Waals surface area contributed by atoms with Crippen LogP contribution >= 0.6 is 34.8 Å². The van der Waals surface area contributed by atoms with Crippen LogP contribution in [0.15, 0.2) is 54.6 Å². The molecule has 0 atom stereocenters. The second-order valence-electron chi connectivity index (χ2n) is 6.82. The van der Waals surface area contributed by atoms with Gasteiger partial charge in [0.1, 0.15) is 0 Å². The lowest BCUT2D eigenvalue weighted by molar-refractivity contribution is 0.208. The Hall–Kier alpha value is -2.54. The second-order valence-corrected chi connectivity index (χ2v) is 8.10. The molecule has 0 unspecified atom stereocenters. The third-order valence-electron chi connectivity index (χ3n) is 4.80. The first kappa shape index (κ1) is 20.7. The van der Waals surface area contributed by atoms with Gasteiger partial charge < -0.3 is 15.1 Å². The van der Waals surface area contributed by atoms with E-state index in [0.29, 0.717) is 46.9 Å². The Bertz CT molecular complexity index is 1030. The lowest BCUT2D eigenvalue weighted by Crippen LogP contribution is -2.50. The molecule has 0 bridgehead atoms. The minimum absolute atomic E-state index is 0.187. The summed E-state index contributed by atoms with van der Waals surface area (Å²) in [7, 11) is 0. The summed E-state index contributed by atoms with van der Waals surface area (Å²) < 4.78 is 0. The number of rotatable bonds is 3. The molecular weight excluding hydrogens is 445 g/mol. The van der Waals surface area contributed by atoms with Gasteiger partial charge in [-0.05, 0) is 36.4 Å². The van der Waals surface area contributed by atoms with E-state index in [0.717, 1.165) is 17.1 Å². The van der Waals surface area contributed by atoms with Crippen LogP contribution in [0.1, 0.15) is 0 Å². The summed E-state index contributed by atoms with van der Waals surface area (Å²) in [4.78, 5) is 16.4. The van der Waals surface area contributed by atoms with Gasteiger partial charge in [-0.3, -0.25) is 0 Å². The maximum Gasteiger partial charge on any atom is 0.321 e. The average molecular weight is 463 g/mol. The summed E-state index contributed by atoms with van der Waals surface area (Å²) in [6.07, 6.45) is 0. The van der Waals surface area contributed by atoms with E-state index in [1.54, 1.807) is 23.1 Å². The molecule has 9 heteroatoms. The highest BCUT2D eigenvalue weighted by Gasteiger charge is 2.22. The molecule has 0 saturated carbocycles. The van der Waals surface area contributed by atoms with Crippen LogP contribution in [0.5, 0.6) is 0 Å². The van der Waals surface area contributed by atoms with E-state index in [-0.39, 0.29) is 6.03 Å². The maximum atomic E-state index is 12.5. The van der Waals surface area contributed by atoms with E-state index >= 15 is 0 Å². The van der Waals surface area contributed by atoms with Gasteiger partial charge in [0, 0.05) is 47.5 Å². The number of aromatic nitrogens is 2. The highest BCUT2D eigenvalue weighted by Crippen LogP contribution is 2.26. The third-order valence-corrected chi connectivity index (χ3v) is 5.57. The van der Waals surface area contributed by atoms with Gasteiger partial charge in [-0.1, -0.05) is 53.0 Å². The topological polar surface area (TPSA) is 61.4 Å². The number of hydrogen-bond acceptors (Lipinski definition) is 4. The van der Waals surface area contributed by atoms with Gasteiger partial charge in [0.15, 0.2) is 5.82 Å². The van der Waals surface area contributed by atoms with E-state index in [9.17, 15) is 4.79 Å². The molecule has 1 saturated heterocycles. The molecule has 4 rings (SSSR count). The van der Waals surface area contributed by atoms with Crippen molar-refractivity contribution in [2.45, 2.75) is 0 Å². The van der Waals surface area contributed by atoms with Crippen LogP contribution in [0.3, 0.4) is 0 Å². The fraction of sp³-hybridized carbons (Fsp3) is 0.190. The number of hydrogen-bond donors (Lipinski definition) is 1. The number of benzene rings is 2. The number of piperazine rings is 1. The summed E-state index contributed by atoms with van der Waals surface area (Å²) >= 11 is 18.2. The molecule has 1 aliphatic rings. The molecule has 154 valence electrons. The van der Waals surface area contributed by atoms with Crippen LogP contribution in [0, 0.1) is 0 Å². The quantitative estimate of drug-likeness (QED) is 0.561. The maximum absolute atomic E-state index is 12.5. The van der Waals surface area contributed by atoms with Crippen molar-refractivity contribution in [1.29, 1.82) is 0 Å². The van der Waals surface area contributed by atoms with Gasteiger partial charge >= 0.3 is 6.03 Å². The number of nitrogens with one attached hydrogen (secondary N) is 1. The molecule has 2 amide bonds. The predicted octanol–water partition coefficient (Wildman–Crippen LogP) is 5.46. The van der Waals surface area contributed by atoms with Crippen molar-refractivity contribution in [3.8, 4) is 11.3 Å². The van der Waals surface area contributed by atoms with Crippen molar-refractivity contribution in [2.24, 2.45) is 0 Å². The lowest BCUT2D eigenvalue weighted by Gasteiger charge is -2.35. The predicted molar refractivity (Wildman–Crippen MR) is 122 cm³/mol. The zero-order valence-electron chi connectivity index (χ0n) is 15.9. The van der Waals surface area contributed by atoms with E-state index in [1.165, 1.54) is 0 Å². The smallest absolute Gasteiger partial charge is 0.321 e. The Kier molecular flexibility index (Phi) is 6.27. The van der Waals surface area contributed by atoms with Crippen molar-refractivity contribution in [1.82, 2.24) is 15.1 Å². The summed E-state index contributed by atoms with van der Waals surface area (Å²) in [5.74, 6) is 0.771. The number of urea groups is 1. The Labute approximate surface area is 189 Å². The average Bonchev–Trinajstić information content (AvgIpc) is 2.74. The number of carbonyl (C=O) groups is 1. The van der Waals surface area contributed by atoms with Gasteiger partial charge in [-0.2, -0.15) is 0 Å². The molecule has 0 aliphatic carbocycles. The SMILES string of the molecule is O=C(Nc1cc(Cl)cc(Cl)c1)N1CCN(c2ccc(-c3ccccc3Cl)nn2)CC1. The first-order valence-corrected chi connectivity index (χ1v) is 10.5. The fourth-order valence-corrected chi connectivity index (χ4v) is 4.03. The van der Waals surface area contributed by atoms with Crippen LogP contribution in [0.25, 0.3) is 11.3 Å². The molecule has 1 N–H and O–H groups in total. The summed E-state index contributed by atoms with van der Waals surface area (Å²) in [5, 5.41) is 13.1. The van der Waals surface area contributed by atoms with Crippen LogP contribution < -0.4 is 10.2 Å². The Morgan fingerprint density at radius 2 is 1.57 bits per heavy atom. The Morgan fingerprint density at radius 1 is 0.867 bits per heavy atom. The first-order chi connectivity index (χ1) is 14.5. The van der Waals surface area contributed by atoms with Crippen LogP contribution in [0.4, 0.5) is 16.3 Å². The molecule has 1 aliphatic heterocycles. The molecule has 30 heavy (non-hydrogen) atoms. The van der Waals surface area contributed by atoms with Crippen LogP contribution in [-0.2, 0) is 0 Å². The van der Waals surface area contributed by atoms with E-state index < -0.39 is 0 Å². The van der Waals surface area contributed by atoms with Gasteiger partial charge in [0.05, 0.1) is 10.7 Å². The second kappa shape index (κ2) is 9.08. The van der Waals surface area contributed by atoms with Gasteiger partial charge in [0.2, 0.25) is 0 Å². The van der Waals surface area contributed by atoms with Crippen molar-refractivity contribution in [3.63, 3.8) is 0 Å². The van der Waals surface area contributed by atoms with Crippen LogP contribution in [0.2, 0.25) is 15.1 Å². The van der Waals surface area contributed by atoms with Crippen molar-refractivity contribution < 1.29 is 4.79 Å². The Morgan fingerprint density at radius 3 is 2.20 bits per heavy atom. The number of nitrogens with zero attached hydrogens (tertiary/aromatic N) is 4. The highest BCUT2D eigenvalue weighted by molar-refractivity contribution is 6.35. The Balaban J connectivity index is 1.36. The lowest BCUT2D eigenvalue weighted by atomic mass is 10.1. The molecule has 3 aromatic rings. The summed E-state index contributed by atoms with van der Waals surface area (Å²) in [6.45, 7) is 2.44. The molecular formula is C21H18Cl3N5O. The number of anilines is 2. The molecule has 6 nitrogen and oxygen atoms in total. The fourth-order valence-electron chi connectivity index (χ4n) is 3.27. The minimum Gasteiger partial charge on any atom is -0.352 e. The van der Waals surface area contributed by atoms with E-state index in [2.05, 4.69) is 20.4 Å². The number of amides is 2. The monoisotopic (exact) mass is 461 g/mol. The summed E-state index contributed by atoms with van der Waals surface area (Å²) in [5.41, 5.74) is 2.14. The zero-order chi connectivity index (χ0) is 21.1. The number of halogens is 3. The van der Waals surface area contributed by atoms with Crippen LogP contribution in [-0.4, -0.2) is 47.3 Å².